The highest BCUT2D eigenvalue weighted by Crippen LogP contribution is 2.46. The minimum absolute atomic E-state index is 0.150. The molecule has 6 heteroatoms. The van der Waals surface area contributed by atoms with Crippen molar-refractivity contribution in [2.24, 2.45) is 0 Å². The predicted octanol–water partition coefficient (Wildman–Crippen LogP) is 22.8. The van der Waals surface area contributed by atoms with Crippen LogP contribution in [0.3, 0.4) is 0 Å². The van der Waals surface area contributed by atoms with Crippen molar-refractivity contribution in [3.63, 3.8) is 0 Å². The van der Waals surface area contributed by atoms with Crippen LogP contribution in [0.2, 0.25) is 0 Å². The molecule has 0 aliphatic rings. The standard InChI is InChI=1S/C86H76N6/c1-83(2,3)64-43-62(44-65(51-64)84(4,5)6)81-88-80(89-82(90-81)63-45-66(85(7,8)9)52-67(46-63)86(10,11)12)61-38-42-79(92-75-30-22-20-28-69(75)71-48-59(36-40-77(71)92)56-25-17-14-18-26-56)73(50-61)72-49-60(57-33-31-54(53-87)32-34-57)37-41-78(72)91-74-29-21-19-27-68(74)70-47-58(35-39-76(70)91)55-23-15-13-16-24-55/h13-52H,1-12H3. The van der Waals surface area contributed by atoms with Crippen LogP contribution in [0.5, 0.6) is 0 Å². The van der Waals surface area contributed by atoms with Crippen molar-refractivity contribution in [2.75, 3.05) is 0 Å². The monoisotopic (exact) mass is 1190 g/mol. The van der Waals surface area contributed by atoms with Crippen molar-refractivity contribution in [3.8, 4) is 96.1 Å². The molecule has 0 bridgehead atoms. The Morgan fingerprint density at radius 1 is 0.272 bits per heavy atom. The molecule has 0 fully saturated rings. The van der Waals surface area contributed by atoms with E-state index in [1.807, 2.05) is 12.1 Å². The first kappa shape index (κ1) is 59.2. The number of rotatable bonds is 9. The Morgan fingerprint density at radius 3 is 0.989 bits per heavy atom. The van der Waals surface area contributed by atoms with Crippen LogP contribution in [0, 0.1) is 11.3 Å². The van der Waals surface area contributed by atoms with Gasteiger partial charge in [-0.05, 0) is 180 Å². The molecule has 3 heterocycles. The quantitative estimate of drug-likeness (QED) is 0.144. The first-order valence-electron chi connectivity index (χ1n) is 32.1. The maximum absolute atomic E-state index is 10.0. The van der Waals surface area contributed by atoms with Crippen molar-refractivity contribution >= 4 is 43.6 Å². The summed E-state index contributed by atoms with van der Waals surface area (Å²) in [7, 11) is 0. The molecule has 14 aromatic rings. The molecule has 0 unspecified atom stereocenters. The molecule has 0 spiro atoms. The van der Waals surface area contributed by atoms with Crippen molar-refractivity contribution < 1.29 is 0 Å². The molecule has 92 heavy (non-hydrogen) atoms. The van der Waals surface area contributed by atoms with Gasteiger partial charge in [-0.2, -0.15) is 5.26 Å². The van der Waals surface area contributed by atoms with Crippen LogP contribution in [0.4, 0.5) is 0 Å². The summed E-state index contributed by atoms with van der Waals surface area (Å²) < 4.78 is 4.91. The molecule has 0 aliphatic heterocycles. The molecule has 0 radical (unpaired) electrons. The molecule has 450 valence electrons. The Balaban J connectivity index is 1.11. The fourth-order valence-electron chi connectivity index (χ4n) is 13.0. The van der Waals surface area contributed by atoms with Gasteiger partial charge in [0.2, 0.25) is 0 Å². The number of nitrogens with zero attached hydrogens (tertiary/aromatic N) is 6. The number of para-hydroxylation sites is 2. The fourth-order valence-corrected chi connectivity index (χ4v) is 13.0. The number of benzene rings is 11. The second kappa shape index (κ2) is 22.5. The molecule has 0 saturated carbocycles. The van der Waals surface area contributed by atoms with E-state index in [9.17, 15) is 5.26 Å². The largest absolute Gasteiger partial charge is 0.309 e. The van der Waals surface area contributed by atoms with Crippen molar-refractivity contribution in [1.29, 1.82) is 5.26 Å². The van der Waals surface area contributed by atoms with E-state index in [0.29, 0.717) is 23.0 Å². The third-order valence-electron chi connectivity index (χ3n) is 18.4. The zero-order valence-corrected chi connectivity index (χ0v) is 54.8. The van der Waals surface area contributed by atoms with Gasteiger partial charge in [-0.3, -0.25) is 0 Å². The van der Waals surface area contributed by atoms with E-state index in [4.69, 9.17) is 15.0 Å². The molecule has 0 aliphatic carbocycles. The molecular formula is C86H76N6. The average molecular weight is 1190 g/mol. The van der Waals surface area contributed by atoms with E-state index in [0.717, 1.165) is 105 Å². The Labute approximate surface area is 541 Å². The van der Waals surface area contributed by atoms with E-state index in [1.165, 1.54) is 33.4 Å². The third kappa shape index (κ3) is 11.0. The Morgan fingerprint density at radius 2 is 0.587 bits per heavy atom. The summed E-state index contributed by atoms with van der Waals surface area (Å²) in [6.07, 6.45) is 0. The molecule has 0 amide bonds. The summed E-state index contributed by atoms with van der Waals surface area (Å²) >= 11 is 0. The SMILES string of the molecule is CC(C)(C)c1cc(-c2nc(-c3cc(C(C)(C)C)cc(C(C)(C)C)c3)nc(-c3ccc(-n4c5ccccc5c5cc(-c6ccccc6)ccc54)c(-c4cc(-c5ccc(C#N)cc5)ccc4-n4c5ccccc5c5cc(-c6ccccc6)ccc54)c3)n2)cc(C(C)(C)C)c1. The van der Waals surface area contributed by atoms with E-state index in [-0.39, 0.29) is 21.7 Å². The lowest BCUT2D eigenvalue weighted by atomic mass is 9.79. The molecule has 11 aromatic carbocycles. The smallest absolute Gasteiger partial charge is 0.164 e. The maximum atomic E-state index is 10.0. The highest BCUT2D eigenvalue weighted by atomic mass is 15.0. The molecule has 6 nitrogen and oxygen atoms in total. The highest BCUT2D eigenvalue weighted by molar-refractivity contribution is 6.13. The number of aromatic nitrogens is 5. The van der Waals surface area contributed by atoms with Gasteiger partial charge in [0.1, 0.15) is 0 Å². The zero-order valence-electron chi connectivity index (χ0n) is 54.8. The summed E-state index contributed by atoms with van der Waals surface area (Å²) in [5.74, 6) is 1.80. The second-order valence-electron chi connectivity index (χ2n) is 29.0. The zero-order chi connectivity index (χ0) is 64.0. The summed E-state index contributed by atoms with van der Waals surface area (Å²) in [6, 6.07) is 90.6. The number of nitriles is 1. The summed E-state index contributed by atoms with van der Waals surface area (Å²) in [5.41, 5.74) is 22.6. The van der Waals surface area contributed by atoms with E-state index < -0.39 is 0 Å². The second-order valence-corrected chi connectivity index (χ2v) is 29.0. The first-order valence-corrected chi connectivity index (χ1v) is 32.1. The normalized spacial score (nSPS) is 12.3. The number of fused-ring (bicyclic) bond motifs is 6. The van der Waals surface area contributed by atoms with E-state index in [2.05, 4.69) is 329 Å². The Kier molecular flexibility index (Phi) is 14.5. The molecule has 3 aromatic heterocycles. The third-order valence-corrected chi connectivity index (χ3v) is 18.4. The van der Waals surface area contributed by atoms with Crippen LogP contribution in [0.15, 0.2) is 243 Å². The Bertz CT molecular complexity index is 5080. The topological polar surface area (TPSA) is 72.3 Å². The fraction of sp³-hybridized carbons (Fsp3) is 0.186. The summed E-state index contributed by atoms with van der Waals surface area (Å²) in [4.78, 5) is 16.9. The van der Waals surface area contributed by atoms with Crippen LogP contribution in [-0.2, 0) is 21.7 Å². The van der Waals surface area contributed by atoms with Crippen LogP contribution >= 0.6 is 0 Å². The van der Waals surface area contributed by atoms with Crippen LogP contribution < -0.4 is 0 Å². The van der Waals surface area contributed by atoms with Gasteiger partial charge in [0.25, 0.3) is 0 Å². The van der Waals surface area contributed by atoms with Gasteiger partial charge in [0, 0.05) is 49.4 Å². The van der Waals surface area contributed by atoms with Crippen molar-refractivity contribution in [1.82, 2.24) is 24.1 Å². The van der Waals surface area contributed by atoms with Gasteiger partial charge in [-0.25, -0.2) is 15.0 Å². The van der Waals surface area contributed by atoms with Crippen molar-refractivity contribution in [3.05, 3.63) is 270 Å². The molecule has 0 N–H and O–H groups in total. The average Bonchev–Trinajstić information content (AvgIpc) is 1.53. The molecule has 0 atom stereocenters. The van der Waals surface area contributed by atoms with Gasteiger partial charge in [-0.15, -0.1) is 0 Å². The lowest BCUT2D eigenvalue weighted by Gasteiger charge is -2.26. The molecule has 14 rings (SSSR count). The number of hydrogen-bond donors (Lipinski definition) is 0. The van der Waals surface area contributed by atoms with Gasteiger partial charge >= 0.3 is 0 Å². The first-order chi connectivity index (χ1) is 44.0. The highest BCUT2D eigenvalue weighted by Gasteiger charge is 2.28. The summed E-state index contributed by atoms with van der Waals surface area (Å²) in [5, 5.41) is 14.7. The Hall–Kier alpha value is -10.5. The maximum Gasteiger partial charge on any atom is 0.164 e. The minimum atomic E-state index is -0.150. The van der Waals surface area contributed by atoms with Gasteiger partial charge in [0.05, 0.1) is 45.1 Å². The molecule has 0 saturated heterocycles. The molecular weight excluding hydrogens is 1120 g/mol. The van der Waals surface area contributed by atoms with Crippen LogP contribution in [0.25, 0.3) is 134 Å². The lowest BCUT2D eigenvalue weighted by molar-refractivity contribution is 0.568. The van der Waals surface area contributed by atoms with Gasteiger partial charge < -0.3 is 9.13 Å². The predicted molar refractivity (Wildman–Crippen MR) is 386 cm³/mol. The summed E-state index contributed by atoms with van der Waals surface area (Å²) in [6.45, 7) is 27.4. The van der Waals surface area contributed by atoms with Crippen LogP contribution in [-0.4, -0.2) is 24.1 Å². The van der Waals surface area contributed by atoms with Gasteiger partial charge in [-0.1, -0.05) is 223 Å². The van der Waals surface area contributed by atoms with Crippen molar-refractivity contribution in [2.45, 2.75) is 105 Å². The van der Waals surface area contributed by atoms with E-state index >= 15 is 0 Å². The van der Waals surface area contributed by atoms with Gasteiger partial charge in [0.15, 0.2) is 17.5 Å². The lowest BCUT2D eigenvalue weighted by Crippen LogP contribution is -2.17. The number of hydrogen-bond acceptors (Lipinski definition) is 4. The minimum Gasteiger partial charge on any atom is -0.309 e. The van der Waals surface area contributed by atoms with Crippen LogP contribution in [0.1, 0.15) is 111 Å². The van der Waals surface area contributed by atoms with E-state index in [1.54, 1.807) is 0 Å².